The number of amides is 2. The molecule has 1 saturated heterocycles. The van der Waals surface area contributed by atoms with Crippen LogP contribution in [-0.4, -0.2) is 42.9 Å². The number of likely N-dealkylation sites (tertiary alicyclic amines) is 1. The molecule has 0 spiro atoms. The molecular formula is C19H29N3O2. The molecule has 0 aliphatic carbocycles. The Bertz CT molecular complexity index is 536. The van der Waals surface area contributed by atoms with Crippen LogP contribution in [0.2, 0.25) is 0 Å². The van der Waals surface area contributed by atoms with E-state index < -0.39 is 0 Å². The molecule has 1 atom stereocenters. The van der Waals surface area contributed by atoms with Crippen LogP contribution in [0.1, 0.15) is 38.2 Å². The van der Waals surface area contributed by atoms with Gasteiger partial charge in [-0.1, -0.05) is 24.6 Å². The molecular weight excluding hydrogens is 302 g/mol. The van der Waals surface area contributed by atoms with E-state index >= 15 is 0 Å². The Morgan fingerprint density at radius 2 is 1.71 bits per heavy atom. The Hall–Kier alpha value is -1.88. The van der Waals surface area contributed by atoms with Crippen molar-refractivity contribution < 1.29 is 9.59 Å². The summed E-state index contributed by atoms with van der Waals surface area (Å²) in [6, 6.07) is 7.71. The Morgan fingerprint density at radius 1 is 1.08 bits per heavy atom. The quantitative estimate of drug-likeness (QED) is 0.769. The zero-order valence-corrected chi connectivity index (χ0v) is 14.8. The second-order valence-corrected chi connectivity index (χ2v) is 6.83. The first-order valence-corrected chi connectivity index (χ1v) is 8.88. The minimum atomic E-state index is -0.0452. The number of nitrogens with zero attached hydrogens (tertiary/aromatic N) is 1. The second-order valence-electron chi connectivity index (χ2n) is 6.83. The van der Waals surface area contributed by atoms with Gasteiger partial charge in [-0.3, -0.25) is 9.59 Å². The van der Waals surface area contributed by atoms with Gasteiger partial charge in [0.2, 0.25) is 11.8 Å². The van der Waals surface area contributed by atoms with Gasteiger partial charge in [0.1, 0.15) is 0 Å². The average molecular weight is 331 g/mol. The molecule has 24 heavy (non-hydrogen) atoms. The average Bonchev–Trinajstić information content (AvgIpc) is 3.02. The van der Waals surface area contributed by atoms with Crippen LogP contribution in [0.4, 0.5) is 5.69 Å². The second kappa shape index (κ2) is 9.42. The van der Waals surface area contributed by atoms with Crippen molar-refractivity contribution in [1.29, 1.82) is 0 Å². The van der Waals surface area contributed by atoms with Crippen LogP contribution in [0.25, 0.3) is 0 Å². The first-order valence-electron chi connectivity index (χ1n) is 8.88. The molecule has 1 unspecified atom stereocenters. The van der Waals surface area contributed by atoms with Gasteiger partial charge in [-0.2, -0.15) is 0 Å². The van der Waals surface area contributed by atoms with Gasteiger partial charge in [0, 0.05) is 31.6 Å². The van der Waals surface area contributed by atoms with E-state index in [9.17, 15) is 9.59 Å². The zero-order chi connectivity index (χ0) is 17.4. The molecule has 132 valence electrons. The van der Waals surface area contributed by atoms with E-state index in [1.165, 1.54) is 12.8 Å². The molecule has 2 amide bonds. The van der Waals surface area contributed by atoms with Crippen LogP contribution in [0.15, 0.2) is 24.3 Å². The molecule has 5 heteroatoms. The first-order chi connectivity index (χ1) is 11.5. The molecule has 1 aliphatic rings. The summed E-state index contributed by atoms with van der Waals surface area (Å²) in [5.74, 6) is 0.0169. The lowest BCUT2D eigenvalue weighted by Crippen LogP contribution is -2.34. The Labute approximate surface area is 144 Å². The zero-order valence-electron chi connectivity index (χ0n) is 14.8. The molecule has 2 rings (SSSR count). The monoisotopic (exact) mass is 331 g/mol. The van der Waals surface area contributed by atoms with Crippen LogP contribution in [0.5, 0.6) is 0 Å². The lowest BCUT2D eigenvalue weighted by atomic mass is 10.0. The van der Waals surface area contributed by atoms with Gasteiger partial charge >= 0.3 is 0 Å². The van der Waals surface area contributed by atoms with Crippen molar-refractivity contribution in [1.82, 2.24) is 10.2 Å². The summed E-state index contributed by atoms with van der Waals surface area (Å²) in [6.45, 7) is 7.86. The number of rotatable bonds is 8. The highest BCUT2D eigenvalue weighted by Crippen LogP contribution is 2.12. The Morgan fingerprint density at radius 3 is 2.38 bits per heavy atom. The SMILES string of the molecule is Cc1ccc(NC(=O)CC(C)CC(=O)NCCN2CCCC2)cc1. The van der Waals surface area contributed by atoms with Crippen LogP contribution in [-0.2, 0) is 9.59 Å². The molecule has 1 heterocycles. The fraction of sp³-hybridized carbons (Fsp3) is 0.579. The van der Waals surface area contributed by atoms with Crippen LogP contribution >= 0.6 is 0 Å². The first kappa shape index (κ1) is 18.5. The van der Waals surface area contributed by atoms with E-state index in [-0.39, 0.29) is 17.7 Å². The summed E-state index contributed by atoms with van der Waals surface area (Å²) in [5, 5.41) is 5.83. The van der Waals surface area contributed by atoms with Gasteiger partial charge in [-0.05, 0) is 50.9 Å². The van der Waals surface area contributed by atoms with Crippen molar-refractivity contribution in [2.75, 3.05) is 31.5 Å². The highest BCUT2D eigenvalue weighted by atomic mass is 16.2. The van der Waals surface area contributed by atoms with Gasteiger partial charge in [0.05, 0.1) is 0 Å². The van der Waals surface area contributed by atoms with E-state index in [2.05, 4.69) is 15.5 Å². The molecule has 5 nitrogen and oxygen atoms in total. The maximum atomic E-state index is 12.0. The number of hydrogen-bond donors (Lipinski definition) is 2. The van der Waals surface area contributed by atoms with Gasteiger partial charge in [0.15, 0.2) is 0 Å². The molecule has 0 bridgehead atoms. The third-order valence-corrected chi connectivity index (χ3v) is 4.35. The van der Waals surface area contributed by atoms with Crippen molar-refractivity contribution in [2.24, 2.45) is 5.92 Å². The Kier molecular flexibility index (Phi) is 7.25. The lowest BCUT2D eigenvalue weighted by molar-refractivity contribution is -0.122. The summed E-state index contributed by atoms with van der Waals surface area (Å²) in [5.41, 5.74) is 1.96. The predicted octanol–water partition coefficient (Wildman–Crippen LogP) is 2.56. The standard InChI is InChI=1S/C19H29N3O2/c1-15-5-7-17(8-6-15)21-19(24)14-16(2)13-18(23)20-9-12-22-10-3-4-11-22/h5-8,16H,3-4,9-14H2,1-2H3,(H,20,23)(H,21,24). The molecule has 1 aromatic rings. The number of anilines is 1. The summed E-state index contributed by atoms with van der Waals surface area (Å²) in [4.78, 5) is 26.3. The van der Waals surface area contributed by atoms with Gasteiger partial charge < -0.3 is 15.5 Å². The van der Waals surface area contributed by atoms with Gasteiger partial charge in [-0.15, -0.1) is 0 Å². The fourth-order valence-electron chi connectivity index (χ4n) is 2.99. The minimum absolute atomic E-state index is 0.0298. The van der Waals surface area contributed by atoms with E-state index in [1.807, 2.05) is 38.1 Å². The molecule has 1 aliphatic heterocycles. The van der Waals surface area contributed by atoms with E-state index in [1.54, 1.807) is 0 Å². The van der Waals surface area contributed by atoms with Crippen LogP contribution in [0.3, 0.4) is 0 Å². The number of benzene rings is 1. The largest absolute Gasteiger partial charge is 0.355 e. The van der Waals surface area contributed by atoms with Crippen molar-refractivity contribution >= 4 is 17.5 Å². The van der Waals surface area contributed by atoms with Gasteiger partial charge in [0.25, 0.3) is 0 Å². The smallest absolute Gasteiger partial charge is 0.224 e. The highest BCUT2D eigenvalue weighted by Gasteiger charge is 2.15. The molecule has 0 aromatic heterocycles. The number of nitrogens with one attached hydrogen (secondary N) is 2. The van der Waals surface area contributed by atoms with Gasteiger partial charge in [-0.25, -0.2) is 0 Å². The molecule has 1 fully saturated rings. The number of aryl methyl sites for hydroxylation is 1. The number of carbonyl (C=O) groups is 2. The van der Waals surface area contributed by atoms with E-state index in [0.717, 1.165) is 30.9 Å². The molecule has 0 radical (unpaired) electrons. The molecule has 0 saturated carbocycles. The minimum Gasteiger partial charge on any atom is -0.355 e. The maximum absolute atomic E-state index is 12.0. The van der Waals surface area contributed by atoms with Crippen LogP contribution < -0.4 is 10.6 Å². The lowest BCUT2D eigenvalue weighted by Gasteiger charge is -2.16. The summed E-state index contributed by atoms with van der Waals surface area (Å²) >= 11 is 0. The van der Waals surface area contributed by atoms with Crippen molar-refractivity contribution in [3.05, 3.63) is 29.8 Å². The maximum Gasteiger partial charge on any atom is 0.224 e. The highest BCUT2D eigenvalue weighted by molar-refractivity contribution is 5.91. The third kappa shape index (κ3) is 6.71. The normalized spacial score (nSPS) is 15.9. The van der Waals surface area contributed by atoms with Crippen molar-refractivity contribution in [3.8, 4) is 0 Å². The topological polar surface area (TPSA) is 61.4 Å². The fourth-order valence-corrected chi connectivity index (χ4v) is 2.99. The number of hydrogen-bond acceptors (Lipinski definition) is 3. The van der Waals surface area contributed by atoms with E-state index in [4.69, 9.17) is 0 Å². The predicted molar refractivity (Wildman–Crippen MR) is 96.9 cm³/mol. The summed E-state index contributed by atoms with van der Waals surface area (Å²) in [6.07, 6.45) is 3.27. The van der Waals surface area contributed by atoms with Crippen LogP contribution in [0, 0.1) is 12.8 Å². The third-order valence-electron chi connectivity index (χ3n) is 4.35. The number of carbonyl (C=O) groups excluding carboxylic acids is 2. The van der Waals surface area contributed by atoms with Crippen molar-refractivity contribution in [2.45, 2.75) is 39.5 Å². The van der Waals surface area contributed by atoms with E-state index in [0.29, 0.717) is 19.4 Å². The summed E-state index contributed by atoms with van der Waals surface area (Å²) < 4.78 is 0. The van der Waals surface area contributed by atoms with Crippen molar-refractivity contribution in [3.63, 3.8) is 0 Å². The molecule has 1 aromatic carbocycles. The molecule has 2 N–H and O–H groups in total. The Balaban J connectivity index is 1.62. The summed E-state index contributed by atoms with van der Waals surface area (Å²) in [7, 11) is 0.